The van der Waals surface area contributed by atoms with Crippen LogP contribution in [0.4, 0.5) is 11.4 Å². The van der Waals surface area contributed by atoms with E-state index in [1.54, 1.807) is 11.3 Å². The molecule has 2 aromatic carbocycles. The highest BCUT2D eigenvalue weighted by molar-refractivity contribution is 7.88. The van der Waals surface area contributed by atoms with E-state index < -0.39 is 34.8 Å². The number of rotatable bonds is 14. The fourth-order valence-electron chi connectivity index (χ4n) is 7.53. The summed E-state index contributed by atoms with van der Waals surface area (Å²) in [6, 6.07) is 9.35. The summed E-state index contributed by atoms with van der Waals surface area (Å²) < 4.78 is 78.3. The summed E-state index contributed by atoms with van der Waals surface area (Å²) in [7, 11) is -9.42. The highest BCUT2D eigenvalue weighted by Crippen LogP contribution is 2.54. The second kappa shape index (κ2) is 13.9. The van der Waals surface area contributed by atoms with Crippen LogP contribution in [-0.2, 0) is 40.6 Å². The molecular formula is C37H43N2O8S4+. The molecule has 0 atom stereocenters. The first-order valence-corrected chi connectivity index (χ1v) is 21.5. The molecule has 0 amide bonds. The van der Waals surface area contributed by atoms with Crippen molar-refractivity contribution in [2.45, 2.75) is 86.7 Å². The summed E-state index contributed by atoms with van der Waals surface area (Å²) >= 11 is 2.34. The molecule has 2 aliphatic rings. The van der Waals surface area contributed by atoms with Crippen LogP contribution < -0.4 is 4.90 Å². The average Bonchev–Trinajstić information content (AvgIpc) is 3.80. The van der Waals surface area contributed by atoms with E-state index in [4.69, 9.17) is 4.74 Å². The predicted molar refractivity (Wildman–Crippen MR) is 204 cm³/mol. The normalized spacial score (nSPS) is 17.7. The van der Waals surface area contributed by atoms with Crippen LogP contribution in [0.15, 0.2) is 68.7 Å². The fourth-order valence-corrected chi connectivity index (χ4v) is 11.1. The number of unbranched alkanes of at least 4 members (excludes halogenated alkanes) is 3. The SMILES string of the molecule is CCCC[N+]1=C(/C=C/C=C2/N(CCCCCOC=O)c3c(cc(S(=O)(=O)O)c4sc(S(=O)(=O)O)cc34)C2(C)C)C(C)(C)c2ccc3sccc3c21. The topological polar surface area (TPSA) is 141 Å². The maximum absolute atomic E-state index is 12.7. The molecule has 4 heterocycles. The summed E-state index contributed by atoms with van der Waals surface area (Å²) in [4.78, 5) is 12.3. The second-order valence-electron chi connectivity index (χ2n) is 14.1. The molecular weight excluding hydrogens is 729 g/mol. The van der Waals surface area contributed by atoms with Crippen LogP contribution in [0.3, 0.4) is 0 Å². The Morgan fingerprint density at radius 1 is 0.922 bits per heavy atom. The van der Waals surface area contributed by atoms with Crippen molar-refractivity contribution in [2.24, 2.45) is 0 Å². The zero-order chi connectivity index (χ0) is 36.9. The molecule has 0 aliphatic carbocycles. The predicted octanol–water partition coefficient (Wildman–Crippen LogP) is 8.37. The summed E-state index contributed by atoms with van der Waals surface area (Å²) in [6.45, 7) is 12.7. The van der Waals surface area contributed by atoms with Crippen molar-refractivity contribution >= 4 is 86.6 Å². The lowest BCUT2D eigenvalue weighted by atomic mass is 9.81. The lowest BCUT2D eigenvalue weighted by Crippen LogP contribution is -2.28. The number of nitrogens with zero attached hydrogens (tertiary/aromatic N) is 2. The van der Waals surface area contributed by atoms with Crippen LogP contribution in [0.5, 0.6) is 0 Å². The van der Waals surface area contributed by atoms with Crippen molar-refractivity contribution < 1.29 is 40.0 Å². The first-order chi connectivity index (χ1) is 24.0. The number of fused-ring (bicyclic) bond motifs is 6. The molecule has 272 valence electrons. The smallest absolute Gasteiger partial charge is 0.304 e. The fraction of sp³-hybridized carbons (Fsp3) is 0.405. The van der Waals surface area contributed by atoms with E-state index in [-0.39, 0.29) is 10.1 Å². The van der Waals surface area contributed by atoms with Gasteiger partial charge in [0.15, 0.2) is 5.71 Å². The van der Waals surface area contributed by atoms with Crippen molar-refractivity contribution in [3.05, 3.63) is 70.8 Å². The number of benzene rings is 2. The molecule has 0 radical (unpaired) electrons. The number of carbonyl (C=O) groups excluding carboxylic acids is 1. The highest BCUT2D eigenvalue weighted by atomic mass is 32.3. The molecule has 0 unspecified atom stereocenters. The number of thiophene rings is 2. The van der Waals surface area contributed by atoms with Crippen molar-refractivity contribution in [3.63, 3.8) is 0 Å². The van der Waals surface area contributed by atoms with Crippen LogP contribution >= 0.6 is 22.7 Å². The van der Waals surface area contributed by atoms with E-state index in [1.165, 1.54) is 39.2 Å². The largest absolute Gasteiger partial charge is 0.468 e. The molecule has 0 bridgehead atoms. The van der Waals surface area contributed by atoms with Crippen LogP contribution in [0.2, 0.25) is 0 Å². The summed E-state index contributed by atoms with van der Waals surface area (Å²) in [5.74, 6) is 0. The van der Waals surface area contributed by atoms with Gasteiger partial charge in [0.25, 0.3) is 16.6 Å². The van der Waals surface area contributed by atoms with E-state index in [9.17, 15) is 30.7 Å². The molecule has 0 spiro atoms. The third kappa shape index (κ3) is 6.70. The van der Waals surface area contributed by atoms with E-state index in [1.807, 2.05) is 26.0 Å². The Hall–Kier alpha value is -3.40. The molecule has 0 saturated heterocycles. The molecule has 10 nitrogen and oxygen atoms in total. The van der Waals surface area contributed by atoms with Gasteiger partial charge in [0, 0.05) is 45.8 Å². The van der Waals surface area contributed by atoms with E-state index >= 15 is 0 Å². The van der Waals surface area contributed by atoms with Gasteiger partial charge in [0.2, 0.25) is 5.69 Å². The first kappa shape index (κ1) is 37.4. The minimum absolute atomic E-state index is 0.0492. The Morgan fingerprint density at radius 3 is 2.37 bits per heavy atom. The van der Waals surface area contributed by atoms with Gasteiger partial charge in [0.05, 0.1) is 27.8 Å². The first-order valence-electron chi connectivity index (χ1n) is 17.0. The van der Waals surface area contributed by atoms with Gasteiger partial charge < -0.3 is 9.64 Å². The molecule has 0 saturated carbocycles. The summed E-state index contributed by atoms with van der Waals surface area (Å²) in [5, 5.41) is 3.70. The standard InChI is InChI=1S/C37H42N2O8S4/c1-6-7-17-38-30(36(2,3)26-14-15-28-24(33(26)38)16-20-48-28)12-11-13-31-37(4,5)27-22-29(50(41,42)43)35-25(21-32(49-35)51(44,45)46)34(27)39(31)18-9-8-10-19-47-23-40/h11-16,20-23H,6-10,17-19H2,1-5H3,(H-,41,42,43,44,45,46)/p+1. The van der Waals surface area contributed by atoms with Gasteiger partial charge in [-0.15, -0.1) is 22.7 Å². The van der Waals surface area contributed by atoms with Gasteiger partial charge in [-0.3, -0.25) is 13.9 Å². The zero-order valence-corrected chi connectivity index (χ0v) is 32.6. The van der Waals surface area contributed by atoms with Gasteiger partial charge in [-0.05, 0) is 80.5 Å². The third-order valence-corrected chi connectivity index (χ3v) is 14.4. The van der Waals surface area contributed by atoms with Gasteiger partial charge in [-0.2, -0.15) is 21.4 Å². The second-order valence-corrected chi connectivity index (χ2v) is 19.1. The zero-order valence-electron chi connectivity index (χ0n) is 29.3. The Balaban J connectivity index is 1.50. The lowest BCUT2D eigenvalue weighted by molar-refractivity contribution is -0.436. The molecule has 2 aromatic heterocycles. The number of hydrogen-bond acceptors (Lipinski definition) is 9. The Bertz CT molecular complexity index is 2350. The Morgan fingerprint density at radius 2 is 1.69 bits per heavy atom. The number of hydrogen-bond donors (Lipinski definition) is 2. The number of allylic oxidation sites excluding steroid dienone is 4. The van der Waals surface area contributed by atoms with E-state index in [0.29, 0.717) is 60.4 Å². The molecule has 51 heavy (non-hydrogen) atoms. The minimum atomic E-state index is -4.76. The maximum Gasteiger partial charge on any atom is 0.304 e. The maximum atomic E-state index is 12.7. The number of carbonyl (C=O) groups is 1. The van der Waals surface area contributed by atoms with Gasteiger partial charge in [0.1, 0.15) is 15.6 Å². The van der Waals surface area contributed by atoms with Crippen LogP contribution in [0.25, 0.3) is 20.2 Å². The quantitative estimate of drug-likeness (QED) is 0.0560. The van der Waals surface area contributed by atoms with Crippen molar-refractivity contribution in [3.8, 4) is 0 Å². The Kier molecular flexibility index (Phi) is 10.2. The van der Waals surface area contributed by atoms with Crippen molar-refractivity contribution in [2.75, 3.05) is 24.6 Å². The Labute approximate surface area is 307 Å². The number of anilines is 1. The monoisotopic (exact) mass is 771 g/mol. The average molecular weight is 772 g/mol. The van der Waals surface area contributed by atoms with Crippen molar-refractivity contribution in [1.29, 1.82) is 0 Å². The van der Waals surface area contributed by atoms with Crippen molar-refractivity contribution in [1.82, 2.24) is 0 Å². The summed E-state index contributed by atoms with van der Waals surface area (Å²) in [6.07, 6.45) is 10.4. The number of ether oxygens (including phenoxy) is 1. The van der Waals surface area contributed by atoms with Gasteiger partial charge in [-0.25, -0.2) is 0 Å². The van der Waals surface area contributed by atoms with Crippen LogP contribution in [-0.4, -0.2) is 62.4 Å². The van der Waals surface area contributed by atoms with Gasteiger partial charge >= 0.3 is 10.1 Å². The highest BCUT2D eigenvalue weighted by Gasteiger charge is 2.46. The molecule has 2 N–H and O–H groups in total. The van der Waals surface area contributed by atoms with E-state index in [0.717, 1.165) is 31.5 Å². The minimum Gasteiger partial charge on any atom is -0.468 e. The van der Waals surface area contributed by atoms with Gasteiger partial charge in [-0.1, -0.05) is 33.3 Å². The van der Waals surface area contributed by atoms with E-state index in [2.05, 4.69) is 59.9 Å². The molecule has 0 fully saturated rings. The molecule has 4 aromatic rings. The van der Waals surface area contributed by atoms with Crippen LogP contribution in [0.1, 0.15) is 77.8 Å². The lowest BCUT2D eigenvalue weighted by Gasteiger charge is -2.27. The molecule has 2 aliphatic heterocycles. The van der Waals surface area contributed by atoms with Crippen LogP contribution in [0, 0.1) is 0 Å². The molecule has 6 rings (SSSR count). The molecule has 14 heteroatoms. The summed E-state index contributed by atoms with van der Waals surface area (Å²) in [5.41, 5.74) is 4.75. The third-order valence-electron chi connectivity index (χ3n) is 10.1.